The molecular formula is C22H14Cl2N2O4. The van der Waals surface area contributed by atoms with E-state index in [9.17, 15) is 14.7 Å². The van der Waals surface area contributed by atoms with Crippen LogP contribution in [0.3, 0.4) is 0 Å². The SMILES string of the molecule is COc1cc(Cl)cc(C=Nc2ccc(N3C(=O)c4ccccc4C3=O)cc2Cl)c1O. The number of hydrogen-bond acceptors (Lipinski definition) is 5. The Morgan fingerprint density at radius 2 is 1.67 bits per heavy atom. The van der Waals surface area contributed by atoms with Crippen molar-refractivity contribution in [1.29, 1.82) is 0 Å². The van der Waals surface area contributed by atoms with Crippen molar-refractivity contribution < 1.29 is 19.4 Å². The molecule has 0 spiro atoms. The molecule has 0 aliphatic carbocycles. The molecule has 4 rings (SSSR count). The molecule has 3 aromatic carbocycles. The van der Waals surface area contributed by atoms with Crippen LogP contribution in [0.25, 0.3) is 0 Å². The molecule has 150 valence electrons. The molecule has 0 aromatic heterocycles. The van der Waals surface area contributed by atoms with Gasteiger partial charge in [0.1, 0.15) is 0 Å². The summed E-state index contributed by atoms with van der Waals surface area (Å²) in [5, 5.41) is 10.8. The minimum absolute atomic E-state index is 0.107. The van der Waals surface area contributed by atoms with Crippen LogP contribution >= 0.6 is 23.2 Å². The maximum Gasteiger partial charge on any atom is 0.266 e. The van der Waals surface area contributed by atoms with Gasteiger partial charge in [-0.1, -0.05) is 35.3 Å². The Labute approximate surface area is 181 Å². The second-order valence-electron chi connectivity index (χ2n) is 6.43. The van der Waals surface area contributed by atoms with E-state index in [-0.39, 0.29) is 16.5 Å². The first-order valence-corrected chi connectivity index (χ1v) is 9.54. The smallest absolute Gasteiger partial charge is 0.266 e. The number of nitrogens with zero attached hydrogens (tertiary/aromatic N) is 2. The van der Waals surface area contributed by atoms with Gasteiger partial charge in [0.2, 0.25) is 0 Å². The van der Waals surface area contributed by atoms with Gasteiger partial charge >= 0.3 is 0 Å². The predicted molar refractivity (Wildman–Crippen MR) is 116 cm³/mol. The van der Waals surface area contributed by atoms with Gasteiger partial charge in [0.25, 0.3) is 11.8 Å². The van der Waals surface area contributed by atoms with Crippen molar-refractivity contribution in [3.05, 3.63) is 81.3 Å². The van der Waals surface area contributed by atoms with Crippen LogP contribution in [0.5, 0.6) is 11.5 Å². The average Bonchev–Trinajstić information content (AvgIpc) is 2.99. The molecule has 0 saturated heterocycles. The number of phenolic OH excluding ortho intramolecular Hbond substituents is 1. The monoisotopic (exact) mass is 440 g/mol. The van der Waals surface area contributed by atoms with Crippen LogP contribution in [0.1, 0.15) is 26.3 Å². The number of aliphatic imine (C=N–C) groups is 1. The van der Waals surface area contributed by atoms with Gasteiger partial charge in [0.15, 0.2) is 11.5 Å². The highest BCUT2D eigenvalue weighted by Gasteiger charge is 2.36. The van der Waals surface area contributed by atoms with Crippen molar-refractivity contribution in [2.45, 2.75) is 0 Å². The molecular weight excluding hydrogens is 427 g/mol. The lowest BCUT2D eigenvalue weighted by molar-refractivity contribution is 0.0926. The number of halogens is 2. The maximum absolute atomic E-state index is 12.6. The number of fused-ring (bicyclic) bond motifs is 1. The number of benzene rings is 3. The Morgan fingerprint density at radius 1 is 1.00 bits per heavy atom. The molecule has 1 aliphatic rings. The van der Waals surface area contributed by atoms with Gasteiger partial charge < -0.3 is 9.84 Å². The molecule has 0 unspecified atom stereocenters. The summed E-state index contributed by atoms with van der Waals surface area (Å²) in [6.45, 7) is 0. The Balaban J connectivity index is 1.64. The lowest BCUT2D eigenvalue weighted by Gasteiger charge is -2.14. The number of carbonyl (C=O) groups excluding carboxylic acids is 2. The number of amides is 2. The summed E-state index contributed by atoms with van der Waals surface area (Å²) in [4.78, 5) is 30.6. The van der Waals surface area contributed by atoms with Gasteiger partial charge in [-0.3, -0.25) is 14.6 Å². The fourth-order valence-electron chi connectivity index (χ4n) is 3.15. The quantitative estimate of drug-likeness (QED) is 0.443. The van der Waals surface area contributed by atoms with Gasteiger partial charge in [0, 0.05) is 22.9 Å². The second-order valence-corrected chi connectivity index (χ2v) is 7.27. The Kier molecular flexibility index (Phi) is 5.20. The lowest BCUT2D eigenvalue weighted by atomic mass is 10.1. The standard InChI is InChI=1S/C22H14Cl2N2O4/c1-30-19-9-13(23)8-12(20(19)27)11-25-18-7-6-14(10-17(18)24)26-21(28)15-4-2-3-5-16(15)22(26)29/h2-11,27H,1H3. The average molecular weight is 441 g/mol. The summed E-state index contributed by atoms with van der Waals surface area (Å²) in [7, 11) is 1.42. The highest BCUT2D eigenvalue weighted by molar-refractivity contribution is 6.36. The van der Waals surface area contributed by atoms with Gasteiger partial charge in [-0.25, -0.2) is 4.90 Å². The number of anilines is 1. The van der Waals surface area contributed by atoms with Crippen molar-refractivity contribution in [3.63, 3.8) is 0 Å². The molecule has 2 amide bonds. The fraction of sp³-hybridized carbons (Fsp3) is 0.0455. The van der Waals surface area contributed by atoms with Crippen molar-refractivity contribution >= 4 is 52.6 Å². The number of phenols is 1. The molecule has 0 radical (unpaired) electrons. The van der Waals surface area contributed by atoms with Crippen LogP contribution in [0.15, 0.2) is 59.6 Å². The van der Waals surface area contributed by atoms with E-state index in [1.54, 1.807) is 36.4 Å². The van der Waals surface area contributed by atoms with Crippen molar-refractivity contribution in [3.8, 4) is 11.5 Å². The summed E-state index contributed by atoms with van der Waals surface area (Å²) in [6, 6.07) is 14.3. The highest BCUT2D eigenvalue weighted by atomic mass is 35.5. The van der Waals surface area contributed by atoms with Gasteiger partial charge in [-0.05, 0) is 36.4 Å². The number of rotatable bonds is 4. The van der Waals surface area contributed by atoms with E-state index in [1.807, 2.05) is 0 Å². The maximum atomic E-state index is 12.6. The molecule has 1 aliphatic heterocycles. The van der Waals surface area contributed by atoms with E-state index in [1.165, 1.54) is 31.5 Å². The third-order valence-corrected chi connectivity index (χ3v) is 5.14. The van der Waals surface area contributed by atoms with Gasteiger partial charge in [-0.15, -0.1) is 0 Å². The zero-order valence-electron chi connectivity index (χ0n) is 15.6. The van der Waals surface area contributed by atoms with Crippen LogP contribution in [0.2, 0.25) is 10.0 Å². The minimum atomic E-state index is -0.404. The third-order valence-electron chi connectivity index (χ3n) is 4.62. The third kappa shape index (κ3) is 3.40. The lowest BCUT2D eigenvalue weighted by Crippen LogP contribution is -2.29. The first kappa shape index (κ1) is 19.9. The largest absolute Gasteiger partial charge is 0.504 e. The molecule has 0 atom stereocenters. The van der Waals surface area contributed by atoms with Crippen molar-refractivity contribution in [1.82, 2.24) is 0 Å². The minimum Gasteiger partial charge on any atom is -0.504 e. The van der Waals surface area contributed by atoms with E-state index in [4.69, 9.17) is 27.9 Å². The zero-order valence-corrected chi connectivity index (χ0v) is 17.1. The molecule has 1 heterocycles. The molecule has 1 N–H and O–H groups in total. The van der Waals surface area contributed by atoms with Crippen LogP contribution in [0, 0.1) is 0 Å². The summed E-state index contributed by atoms with van der Waals surface area (Å²) < 4.78 is 5.07. The molecule has 30 heavy (non-hydrogen) atoms. The van der Waals surface area contributed by atoms with Crippen LogP contribution in [-0.2, 0) is 0 Å². The Hall–Kier alpha value is -3.35. The van der Waals surface area contributed by atoms with E-state index in [0.29, 0.717) is 33.1 Å². The van der Waals surface area contributed by atoms with E-state index >= 15 is 0 Å². The molecule has 8 heteroatoms. The summed E-state index contributed by atoms with van der Waals surface area (Å²) >= 11 is 12.4. The molecule has 3 aromatic rings. The Bertz CT molecular complexity index is 1190. The van der Waals surface area contributed by atoms with Crippen molar-refractivity contribution in [2.24, 2.45) is 4.99 Å². The molecule has 6 nitrogen and oxygen atoms in total. The first-order chi connectivity index (χ1) is 14.4. The zero-order chi connectivity index (χ0) is 21.4. The van der Waals surface area contributed by atoms with Crippen molar-refractivity contribution in [2.75, 3.05) is 12.0 Å². The highest BCUT2D eigenvalue weighted by Crippen LogP contribution is 2.35. The Morgan fingerprint density at radius 3 is 2.27 bits per heavy atom. The van der Waals surface area contributed by atoms with Gasteiger partial charge in [0.05, 0.1) is 34.6 Å². The summed E-state index contributed by atoms with van der Waals surface area (Å²) in [5.41, 5.74) is 1.78. The topological polar surface area (TPSA) is 79.2 Å². The summed E-state index contributed by atoms with van der Waals surface area (Å²) in [5.74, 6) is -0.696. The van der Waals surface area contributed by atoms with Crippen LogP contribution in [0.4, 0.5) is 11.4 Å². The fourth-order valence-corrected chi connectivity index (χ4v) is 3.59. The number of ether oxygens (including phenoxy) is 1. The van der Waals surface area contributed by atoms with E-state index < -0.39 is 11.8 Å². The van der Waals surface area contributed by atoms with Crippen LogP contribution in [-0.4, -0.2) is 30.2 Å². The number of carbonyl (C=O) groups is 2. The number of methoxy groups -OCH3 is 1. The van der Waals surface area contributed by atoms with Gasteiger partial charge in [-0.2, -0.15) is 0 Å². The molecule has 0 bridgehead atoms. The van der Waals surface area contributed by atoms with E-state index in [0.717, 1.165) is 4.90 Å². The van der Waals surface area contributed by atoms with Crippen LogP contribution < -0.4 is 9.64 Å². The number of imide groups is 1. The summed E-state index contributed by atoms with van der Waals surface area (Å²) in [6.07, 6.45) is 1.40. The number of hydrogen-bond donors (Lipinski definition) is 1. The normalized spacial score (nSPS) is 13.2. The van der Waals surface area contributed by atoms with E-state index in [2.05, 4.69) is 4.99 Å². The molecule has 0 fully saturated rings. The number of aromatic hydroxyl groups is 1. The molecule has 0 saturated carbocycles. The first-order valence-electron chi connectivity index (χ1n) is 8.78. The second kappa shape index (κ2) is 7.82. The predicted octanol–water partition coefficient (Wildman–Crippen LogP) is 5.26.